The highest BCUT2D eigenvalue weighted by molar-refractivity contribution is 5.08. The summed E-state index contributed by atoms with van der Waals surface area (Å²) in [5, 5.41) is 0. The Morgan fingerprint density at radius 2 is 1.48 bits per heavy atom. The van der Waals surface area contributed by atoms with Gasteiger partial charge in [0.15, 0.2) is 0 Å². The highest BCUT2D eigenvalue weighted by Crippen LogP contribution is 1.96. The molecule has 0 amide bonds. The monoisotopic (exact) mass is 322 g/mol. The van der Waals surface area contributed by atoms with Crippen LogP contribution in [0.15, 0.2) is 31.6 Å². The number of ether oxygens (including phenoxy) is 1. The molecule has 0 saturated carbocycles. The molecule has 2 rings (SSSR count). The van der Waals surface area contributed by atoms with Gasteiger partial charge in [-0.1, -0.05) is 0 Å². The molecular formula is C14H18N4O5. The SMILES string of the molecule is CCOCc1cn(Cc2cn(CC)c(=O)[nH]c2=O)c(=O)[nH]c1=O. The van der Waals surface area contributed by atoms with E-state index in [1.807, 2.05) is 0 Å². The number of H-pyrrole nitrogens is 2. The zero-order valence-electron chi connectivity index (χ0n) is 12.9. The van der Waals surface area contributed by atoms with E-state index in [1.54, 1.807) is 13.8 Å². The summed E-state index contributed by atoms with van der Waals surface area (Å²) in [6.45, 7) is 4.37. The van der Waals surface area contributed by atoms with Gasteiger partial charge < -0.3 is 9.30 Å². The van der Waals surface area contributed by atoms with Crippen LogP contribution in [0.2, 0.25) is 0 Å². The van der Waals surface area contributed by atoms with E-state index >= 15 is 0 Å². The van der Waals surface area contributed by atoms with Gasteiger partial charge in [-0.15, -0.1) is 0 Å². The van der Waals surface area contributed by atoms with Crippen LogP contribution in [0.3, 0.4) is 0 Å². The van der Waals surface area contributed by atoms with Crippen LogP contribution in [0.4, 0.5) is 0 Å². The fraction of sp³-hybridized carbons (Fsp3) is 0.429. The molecule has 0 fully saturated rings. The van der Waals surface area contributed by atoms with Gasteiger partial charge in [-0.25, -0.2) is 9.59 Å². The van der Waals surface area contributed by atoms with Crippen molar-refractivity contribution in [2.24, 2.45) is 0 Å². The predicted octanol–water partition coefficient (Wildman–Crippen LogP) is -1.01. The maximum atomic E-state index is 11.9. The summed E-state index contributed by atoms with van der Waals surface area (Å²) in [5.74, 6) is 0. The minimum absolute atomic E-state index is 0.0651. The van der Waals surface area contributed by atoms with Crippen LogP contribution in [-0.2, 0) is 24.4 Å². The molecule has 0 bridgehead atoms. The molecule has 9 heteroatoms. The average molecular weight is 322 g/mol. The molecule has 0 aromatic carbocycles. The van der Waals surface area contributed by atoms with Gasteiger partial charge in [0.05, 0.1) is 24.3 Å². The maximum Gasteiger partial charge on any atom is 0.328 e. The van der Waals surface area contributed by atoms with Crippen molar-refractivity contribution in [1.82, 2.24) is 19.1 Å². The summed E-state index contributed by atoms with van der Waals surface area (Å²) in [5.41, 5.74) is -1.71. The highest BCUT2D eigenvalue weighted by atomic mass is 16.5. The largest absolute Gasteiger partial charge is 0.377 e. The maximum absolute atomic E-state index is 11.9. The van der Waals surface area contributed by atoms with Gasteiger partial charge in [-0.05, 0) is 13.8 Å². The Kier molecular flexibility index (Phi) is 5.12. The number of aromatic nitrogens is 4. The van der Waals surface area contributed by atoms with Gasteiger partial charge in [0.1, 0.15) is 0 Å². The van der Waals surface area contributed by atoms with Crippen molar-refractivity contribution in [3.05, 3.63) is 65.2 Å². The smallest absolute Gasteiger partial charge is 0.328 e. The van der Waals surface area contributed by atoms with E-state index in [0.717, 1.165) is 0 Å². The molecular weight excluding hydrogens is 304 g/mol. The summed E-state index contributed by atoms with van der Waals surface area (Å²) < 4.78 is 7.70. The van der Waals surface area contributed by atoms with Gasteiger partial charge in [-0.3, -0.25) is 24.1 Å². The fourth-order valence-electron chi connectivity index (χ4n) is 2.07. The van der Waals surface area contributed by atoms with Crippen molar-refractivity contribution >= 4 is 0 Å². The van der Waals surface area contributed by atoms with Gasteiger partial charge in [0.2, 0.25) is 0 Å². The molecule has 2 aromatic heterocycles. The van der Waals surface area contributed by atoms with Crippen LogP contribution in [0.5, 0.6) is 0 Å². The summed E-state index contributed by atoms with van der Waals surface area (Å²) >= 11 is 0. The van der Waals surface area contributed by atoms with Crippen LogP contribution in [0, 0.1) is 0 Å². The Morgan fingerprint density at radius 1 is 0.913 bits per heavy atom. The van der Waals surface area contributed by atoms with Gasteiger partial charge >= 0.3 is 11.4 Å². The first-order chi connectivity index (χ1) is 11.0. The zero-order chi connectivity index (χ0) is 17.0. The first kappa shape index (κ1) is 16.7. The van der Waals surface area contributed by atoms with Crippen LogP contribution < -0.4 is 22.5 Å². The summed E-state index contributed by atoms with van der Waals surface area (Å²) in [6.07, 6.45) is 2.76. The zero-order valence-corrected chi connectivity index (χ0v) is 12.9. The molecule has 0 unspecified atom stereocenters. The van der Waals surface area contributed by atoms with Gasteiger partial charge in [0, 0.05) is 25.5 Å². The molecule has 0 radical (unpaired) electrons. The van der Waals surface area contributed by atoms with Crippen molar-refractivity contribution in [3.8, 4) is 0 Å². The van der Waals surface area contributed by atoms with Crippen molar-refractivity contribution in [2.45, 2.75) is 33.5 Å². The van der Waals surface area contributed by atoms with Crippen molar-refractivity contribution in [2.75, 3.05) is 6.61 Å². The number of aryl methyl sites for hydroxylation is 1. The third kappa shape index (κ3) is 3.75. The normalized spacial score (nSPS) is 10.9. The van der Waals surface area contributed by atoms with Crippen LogP contribution >= 0.6 is 0 Å². The second-order valence-corrected chi connectivity index (χ2v) is 4.88. The molecule has 0 saturated heterocycles. The molecule has 0 aliphatic carbocycles. The first-order valence-corrected chi connectivity index (χ1v) is 7.19. The van der Waals surface area contributed by atoms with E-state index in [1.165, 1.54) is 21.5 Å². The van der Waals surface area contributed by atoms with E-state index in [2.05, 4.69) is 9.97 Å². The quantitative estimate of drug-likeness (QED) is 0.706. The standard InChI is InChI=1S/C14H18N4O5/c1-3-17-5-9(11(19)15-13(17)21)6-18-7-10(8-23-4-2)12(20)16-14(18)22/h5,7H,3-4,6,8H2,1-2H3,(H,15,19,21)(H,16,20,22). The molecule has 2 aromatic rings. The lowest BCUT2D eigenvalue weighted by atomic mass is 10.3. The van der Waals surface area contributed by atoms with Crippen LogP contribution in [0.25, 0.3) is 0 Å². The van der Waals surface area contributed by atoms with Crippen molar-refractivity contribution in [3.63, 3.8) is 0 Å². The van der Waals surface area contributed by atoms with E-state index < -0.39 is 22.5 Å². The molecule has 2 N–H and O–H groups in total. The third-order valence-corrected chi connectivity index (χ3v) is 3.31. The number of aromatic amines is 2. The molecule has 2 heterocycles. The summed E-state index contributed by atoms with van der Waals surface area (Å²) in [6, 6.07) is 0. The van der Waals surface area contributed by atoms with Gasteiger partial charge in [0.25, 0.3) is 11.1 Å². The number of nitrogens with one attached hydrogen (secondary N) is 2. The molecule has 9 nitrogen and oxygen atoms in total. The second kappa shape index (κ2) is 7.05. The van der Waals surface area contributed by atoms with Crippen LogP contribution in [0.1, 0.15) is 25.0 Å². The van der Waals surface area contributed by atoms with E-state index in [0.29, 0.717) is 13.2 Å². The molecule has 124 valence electrons. The van der Waals surface area contributed by atoms with Crippen LogP contribution in [-0.4, -0.2) is 25.7 Å². The number of hydrogen-bond acceptors (Lipinski definition) is 5. The Labute approximate surface area is 130 Å². The molecule has 23 heavy (non-hydrogen) atoms. The van der Waals surface area contributed by atoms with Gasteiger partial charge in [-0.2, -0.15) is 0 Å². The van der Waals surface area contributed by atoms with Crippen molar-refractivity contribution in [1.29, 1.82) is 0 Å². The minimum Gasteiger partial charge on any atom is -0.377 e. The Bertz CT molecular complexity index is 918. The lowest BCUT2D eigenvalue weighted by Crippen LogP contribution is -2.36. The predicted molar refractivity (Wildman–Crippen MR) is 82.8 cm³/mol. The lowest BCUT2D eigenvalue weighted by molar-refractivity contribution is 0.132. The summed E-state index contributed by atoms with van der Waals surface area (Å²) in [4.78, 5) is 51.4. The lowest BCUT2D eigenvalue weighted by Gasteiger charge is -2.09. The van der Waals surface area contributed by atoms with Crippen molar-refractivity contribution < 1.29 is 4.74 Å². The molecule has 0 spiro atoms. The topological polar surface area (TPSA) is 119 Å². The van der Waals surface area contributed by atoms with E-state index in [-0.39, 0.29) is 24.3 Å². The number of hydrogen-bond donors (Lipinski definition) is 2. The number of nitrogens with zero attached hydrogens (tertiary/aromatic N) is 2. The summed E-state index contributed by atoms with van der Waals surface area (Å²) in [7, 11) is 0. The molecule has 0 atom stereocenters. The fourth-order valence-corrected chi connectivity index (χ4v) is 2.07. The first-order valence-electron chi connectivity index (χ1n) is 7.19. The minimum atomic E-state index is -0.635. The average Bonchev–Trinajstić information content (AvgIpc) is 2.51. The molecule has 0 aliphatic rings. The Morgan fingerprint density at radius 3 is 2.09 bits per heavy atom. The molecule has 0 aliphatic heterocycles. The second-order valence-electron chi connectivity index (χ2n) is 4.88. The van der Waals surface area contributed by atoms with E-state index in [9.17, 15) is 19.2 Å². The number of rotatable bonds is 6. The van der Waals surface area contributed by atoms with E-state index in [4.69, 9.17) is 4.74 Å². The Hall–Kier alpha value is -2.68. The highest BCUT2D eigenvalue weighted by Gasteiger charge is 2.09. The third-order valence-electron chi connectivity index (χ3n) is 3.31. The Balaban J connectivity index is 2.44.